The Morgan fingerprint density at radius 1 is 1.23 bits per heavy atom. The molecule has 31 heavy (non-hydrogen) atoms. The predicted octanol–water partition coefficient (Wildman–Crippen LogP) is 3.78. The Bertz CT molecular complexity index is 1020. The molecule has 0 bridgehead atoms. The largest absolute Gasteiger partial charge is 0.373 e. The first-order valence-corrected chi connectivity index (χ1v) is 10.1. The lowest BCUT2D eigenvalue weighted by molar-refractivity contribution is -0.384. The number of nitrogens with one attached hydrogen (secondary N) is 2. The average Bonchev–Trinajstić information content (AvgIpc) is 2.86. The van der Waals surface area contributed by atoms with E-state index in [1.165, 1.54) is 37.3 Å². The van der Waals surface area contributed by atoms with E-state index in [0.29, 0.717) is 18.5 Å². The fourth-order valence-corrected chi connectivity index (χ4v) is 3.67. The molecular formula is C22H25FN4O4. The van der Waals surface area contributed by atoms with E-state index in [2.05, 4.69) is 10.6 Å². The van der Waals surface area contributed by atoms with E-state index in [9.17, 15) is 24.1 Å². The van der Waals surface area contributed by atoms with Gasteiger partial charge >= 0.3 is 0 Å². The van der Waals surface area contributed by atoms with Crippen LogP contribution in [-0.2, 0) is 11.3 Å². The summed E-state index contributed by atoms with van der Waals surface area (Å²) in [6, 6.07) is 8.17. The summed E-state index contributed by atoms with van der Waals surface area (Å²) in [6.07, 6.45) is 0.491. The van der Waals surface area contributed by atoms with Crippen molar-refractivity contribution in [3.63, 3.8) is 0 Å². The lowest BCUT2D eigenvalue weighted by atomic mass is 9.98. The maximum Gasteiger partial charge on any atom is 0.293 e. The summed E-state index contributed by atoms with van der Waals surface area (Å²) in [5.41, 5.74) is 1.65. The summed E-state index contributed by atoms with van der Waals surface area (Å²) in [4.78, 5) is 36.9. The highest BCUT2D eigenvalue weighted by molar-refractivity contribution is 5.95. The normalized spacial score (nSPS) is 15.8. The van der Waals surface area contributed by atoms with Crippen LogP contribution in [0.4, 0.5) is 15.8 Å². The minimum atomic E-state index is -0.543. The van der Waals surface area contributed by atoms with Gasteiger partial charge in [-0.1, -0.05) is 6.07 Å². The quantitative estimate of drug-likeness (QED) is 0.557. The first-order valence-electron chi connectivity index (χ1n) is 10.1. The molecule has 0 radical (unpaired) electrons. The van der Waals surface area contributed by atoms with Gasteiger partial charge in [0, 0.05) is 37.7 Å². The Hall–Kier alpha value is -3.49. The number of rotatable bonds is 5. The molecule has 0 saturated carbocycles. The van der Waals surface area contributed by atoms with Crippen molar-refractivity contribution in [2.24, 2.45) is 0 Å². The molecule has 1 aliphatic rings. The lowest BCUT2D eigenvalue weighted by Gasteiger charge is -2.21. The maximum absolute atomic E-state index is 13.8. The van der Waals surface area contributed by atoms with Gasteiger partial charge in [-0.25, -0.2) is 4.39 Å². The van der Waals surface area contributed by atoms with Crippen LogP contribution in [0, 0.1) is 15.9 Å². The number of nitrogens with zero attached hydrogens (tertiary/aromatic N) is 2. The first kappa shape index (κ1) is 22.2. The molecule has 0 saturated heterocycles. The van der Waals surface area contributed by atoms with E-state index >= 15 is 0 Å². The molecule has 9 heteroatoms. The van der Waals surface area contributed by atoms with Crippen molar-refractivity contribution in [2.75, 3.05) is 11.9 Å². The third kappa shape index (κ3) is 5.17. The Morgan fingerprint density at radius 3 is 2.61 bits per heavy atom. The molecule has 0 fully saturated rings. The van der Waals surface area contributed by atoms with Gasteiger partial charge in [0.1, 0.15) is 11.5 Å². The summed E-state index contributed by atoms with van der Waals surface area (Å²) >= 11 is 0. The molecule has 1 unspecified atom stereocenters. The van der Waals surface area contributed by atoms with E-state index in [-0.39, 0.29) is 41.5 Å². The topological polar surface area (TPSA) is 105 Å². The van der Waals surface area contributed by atoms with Gasteiger partial charge in [-0.2, -0.15) is 0 Å². The maximum atomic E-state index is 13.8. The Balaban J connectivity index is 1.95. The number of nitro groups is 1. The molecule has 0 spiro atoms. The van der Waals surface area contributed by atoms with E-state index in [1.807, 2.05) is 0 Å². The van der Waals surface area contributed by atoms with Gasteiger partial charge < -0.3 is 15.5 Å². The van der Waals surface area contributed by atoms with Gasteiger partial charge in [0.25, 0.3) is 11.6 Å². The number of fused-ring (bicyclic) bond motifs is 1. The molecule has 0 aromatic heterocycles. The van der Waals surface area contributed by atoms with Crippen LogP contribution in [0.3, 0.4) is 0 Å². The molecule has 1 atom stereocenters. The zero-order chi connectivity index (χ0) is 22.7. The first-order chi connectivity index (χ1) is 14.7. The number of carbonyl (C=O) groups excluding carboxylic acids is 2. The lowest BCUT2D eigenvalue weighted by Crippen LogP contribution is -2.30. The molecule has 164 valence electrons. The number of hydrogen-bond donors (Lipinski definition) is 2. The van der Waals surface area contributed by atoms with Crippen molar-refractivity contribution >= 4 is 23.2 Å². The average molecular weight is 428 g/mol. The van der Waals surface area contributed by atoms with Crippen molar-refractivity contribution < 1.29 is 18.9 Å². The molecule has 2 aromatic carbocycles. The Labute approximate surface area is 179 Å². The van der Waals surface area contributed by atoms with Crippen LogP contribution in [0.2, 0.25) is 0 Å². The van der Waals surface area contributed by atoms with E-state index in [4.69, 9.17) is 0 Å². The van der Waals surface area contributed by atoms with Gasteiger partial charge in [-0.3, -0.25) is 19.7 Å². The number of hydrogen-bond acceptors (Lipinski definition) is 5. The SMILES string of the molecule is CC(=O)N1CCC(Nc2ccc(C(=O)NC(C)C)cc2[N+](=O)[O-])c2ccc(F)cc2C1. The summed E-state index contributed by atoms with van der Waals surface area (Å²) in [5, 5.41) is 17.6. The summed E-state index contributed by atoms with van der Waals surface area (Å²) in [5.74, 6) is -0.922. The summed E-state index contributed by atoms with van der Waals surface area (Å²) in [6.45, 7) is 5.76. The van der Waals surface area contributed by atoms with Crippen LogP contribution >= 0.6 is 0 Å². The fourth-order valence-electron chi connectivity index (χ4n) is 3.67. The third-order valence-electron chi connectivity index (χ3n) is 5.18. The van der Waals surface area contributed by atoms with E-state index in [1.54, 1.807) is 24.8 Å². The van der Waals surface area contributed by atoms with Crippen molar-refractivity contribution in [1.82, 2.24) is 10.2 Å². The second-order valence-electron chi connectivity index (χ2n) is 7.89. The second-order valence-corrected chi connectivity index (χ2v) is 7.89. The van der Waals surface area contributed by atoms with Gasteiger partial charge in [0.2, 0.25) is 5.91 Å². The Morgan fingerprint density at radius 2 is 1.97 bits per heavy atom. The molecule has 0 aliphatic carbocycles. The molecule has 1 heterocycles. The predicted molar refractivity (Wildman–Crippen MR) is 114 cm³/mol. The van der Waals surface area contributed by atoms with E-state index in [0.717, 1.165) is 5.56 Å². The van der Waals surface area contributed by atoms with Crippen LogP contribution in [0.5, 0.6) is 0 Å². The number of carbonyl (C=O) groups is 2. The zero-order valence-electron chi connectivity index (χ0n) is 17.6. The smallest absolute Gasteiger partial charge is 0.293 e. The second kappa shape index (κ2) is 9.11. The molecule has 2 N–H and O–H groups in total. The monoisotopic (exact) mass is 428 g/mol. The van der Waals surface area contributed by atoms with Crippen LogP contribution in [-0.4, -0.2) is 34.2 Å². The van der Waals surface area contributed by atoms with Gasteiger partial charge in [-0.15, -0.1) is 0 Å². The third-order valence-corrected chi connectivity index (χ3v) is 5.18. The number of amides is 2. The fraction of sp³-hybridized carbons (Fsp3) is 0.364. The summed E-state index contributed by atoms with van der Waals surface area (Å²) in [7, 11) is 0. The number of anilines is 1. The standard InChI is InChI=1S/C22H25FN4O4/c1-13(2)24-22(29)15-4-7-20(21(11-15)27(30)31)25-19-8-9-26(14(3)28)12-16-10-17(23)5-6-18(16)19/h4-7,10-11,13,19,25H,8-9,12H2,1-3H3,(H,24,29). The van der Waals surface area contributed by atoms with E-state index < -0.39 is 16.6 Å². The van der Waals surface area contributed by atoms with Gasteiger partial charge in [0.05, 0.1) is 11.0 Å². The number of benzene rings is 2. The van der Waals surface area contributed by atoms with Crippen LogP contribution in [0.1, 0.15) is 54.7 Å². The van der Waals surface area contributed by atoms with Crippen LogP contribution < -0.4 is 10.6 Å². The highest BCUT2D eigenvalue weighted by atomic mass is 19.1. The van der Waals surface area contributed by atoms with Crippen molar-refractivity contribution in [1.29, 1.82) is 0 Å². The number of halogens is 1. The van der Waals surface area contributed by atoms with Gasteiger partial charge in [-0.05, 0) is 55.7 Å². The van der Waals surface area contributed by atoms with Crippen molar-refractivity contribution in [3.05, 3.63) is 69.0 Å². The minimum absolute atomic E-state index is 0.100. The van der Waals surface area contributed by atoms with Crippen molar-refractivity contribution in [3.8, 4) is 0 Å². The molecule has 2 amide bonds. The zero-order valence-corrected chi connectivity index (χ0v) is 17.6. The minimum Gasteiger partial charge on any atom is -0.373 e. The van der Waals surface area contributed by atoms with Crippen LogP contribution in [0.25, 0.3) is 0 Å². The Kier molecular flexibility index (Phi) is 6.53. The molecule has 1 aliphatic heterocycles. The molecule has 3 rings (SSSR count). The van der Waals surface area contributed by atoms with Crippen LogP contribution in [0.15, 0.2) is 36.4 Å². The molecule has 8 nitrogen and oxygen atoms in total. The highest BCUT2D eigenvalue weighted by Crippen LogP contribution is 2.34. The van der Waals surface area contributed by atoms with Crippen molar-refractivity contribution in [2.45, 2.75) is 45.8 Å². The number of nitro benzene ring substituents is 1. The summed E-state index contributed by atoms with van der Waals surface area (Å²) < 4.78 is 13.8. The molecular weight excluding hydrogens is 403 g/mol. The molecule has 2 aromatic rings. The highest BCUT2D eigenvalue weighted by Gasteiger charge is 2.26. The van der Waals surface area contributed by atoms with Gasteiger partial charge in [0.15, 0.2) is 0 Å².